The number of benzene rings is 2. The highest BCUT2D eigenvalue weighted by Crippen LogP contribution is 2.24. The molecule has 0 radical (unpaired) electrons. The maximum Gasteiger partial charge on any atom is 0.266 e. The molecule has 2 aromatic carbocycles. The molecule has 0 bridgehead atoms. The smallest absolute Gasteiger partial charge is 0.266 e. The van der Waals surface area contributed by atoms with Crippen LogP contribution in [-0.4, -0.2) is 25.5 Å². The lowest BCUT2D eigenvalue weighted by Gasteiger charge is -2.09. The number of nitriles is 1. The van der Waals surface area contributed by atoms with E-state index in [4.69, 9.17) is 15.2 Å². The summed E-state index contributed by atoms with van der Waals surface area (Å²) >= 11 is 0. The average Bonchev–Trinajstić information content (AvgIpc) is 2.65. The van der Waals surface area contributed by atoms with E-state index >= 15 is 0 Å². The number of primary amides is 1. The molecule has 26 heavy (non-hydrogen) atoms. The second-order valence-electron chi connectivity index (χ2n) is 5.15. The van der Waals surface area contributed by atoms with Crippen molar-refractivity contribution in [1.82, 2.24) is 0 Å². The van der Waals surface area contributed by atoms with Gasteiger partial charge >= 0.3 is 0 Å². The van der Waals surface area contributed by atoms with Gasteiger partial charge in [0.15, 0.2) is 6.61 Å². The molecular weight excluding hydrogens is 334 g/mol. The summed E-state index contributed by atoms with van der Waals surface area (Å²) in [7, 11) is 1.49. The van der Waals surface area contributed by atoms with E-state index < -0.39 is 11.8 Å². The van der Waals surface area contributed by atoms with Crippen LogP contribution in [0.15, 0.2) is 54.1 Å². The van der Waals surface area contributed by atoms with Gasteiger partial charge in [0.2, 0.25) is 0 Å². The van der Waals surface area contributed by atoms with E-state index in [2.05, 4.69) is 5.32 Å². The minimum absolute atomic E-state index is 0.0679. The number of nitrogens with zero attached hydrogens (tertiary/aromatic N) is 1. The predicted molar refractivity (Wildman–Crippen MR) is 96.3 cm³/mol. The SMILES string of the molecule is COc1ccccc1NC(=O)/C(C#N)=C/c1ccc(OCC(N)=O)cc1. The number of hydrogen-bond acceptors (Lipinski definition) is 5. The molecular formula is C19H17N3O4. The van der Waals surface area contributed by atoms with Crippen LogP contribution in [-0.2, 0) is 9.59 Å². The number of ether oxygens (including phenoxy) is 2. The number of rotatable bonds is 7. The third-order valence-corrected chi connectivity index (χ3v) is 3.29. The van der Waals surface area contributed by atoms with Gasteiger partial charge in [0.1, 0.15) is 23.1 Å². The van der Waals surface area contributed by atoms with Crippen LogP contribution < -0.4 is 20.5 Å². The molecule has 0 unspecified atom stereocenters. The summed E-state index contributed by atoms with van der Waals surface area (Å²) in [4.78, 5) is 23.0. The fourth-order valence-corrected chi connectivity index (χ4v) is 2.07. The van der Waals surface area contributed by atoms with Crippen LogP contribution in [0.2, 0.25) is 0 Å². The topological polar surface area (TPSA) is 114 Å². The molecule has 0 aliphatic carbocycles. The zero-order valence-corrected chi connectivity index (χ0v) is 14.1. The number of carbonyl (C=O) groups is 2. The molecule has 2 rings (SSSR count). The van der Waals surface area contributed by atoms with Crippen LogP contribution in [0, 0.1) is 11.3 Å². The minimum atomic E-state index is -0.575. The van der Waals surface area contributed by atoms with Crippen molar-refractivity contribution in [2.45, 2.75) is 0 Å². The molecule has 0 spiro atoms. The van der Waals surface area contributed by atoms with Crippen LogP contribution in [0.4, 0.5) is 5.69 Å². The molecule has 0 aliphatic rings. The molecule has 0 heterocycles. The number of nitrogens with two attached hydrogens (primary N) is 1. The number of amides is 2. The van der Waals surface area contributed by atoms with Gasteiger partial charge in [0, 0.05) is 0 Å². The lowest BCUT2D eigenvalue weighted by molar-refractivity contribution is -0.120. The van der Waals surface area contributed by atoms with E-state index in [0.29, 0.717) is 22.7 Å². The van der Waals surface area contributed by atoms with Gasteiger partial charge in [-0.15, -0.1) is 0 Å². The van der Waals surface area contributed by atoms with Crippen molar-refractivity contribution >= 4 is 23.6 Å². The first-order valence-corrected chi connectivity index (χ1v) is 7.61. The molecule has 7 nitrogen and oxygen atoms in total. The first kappa shape index (κ1) is 18.5. The zero-order chi connectivity index (χ0) is 18.9. The standard InChI is InChI=1S/C19H17N3O4/c1-25-17-5-3-2-4-16(17)22-19(24)14(11-20)10-13-6-8-15(9-7-13)26-12-18(21)23/h2-10H,12H2,1H3,(H2,21,23)(H,22,24)/b14-10+. The Balaban J connectivity index is 2.12. The zero-order valence-electron chi connectivity index (χ0n) is 14.1. The fourth-order valence-electron chi connectivity index (χ4n) is 2.07. The molecule has 7 heteroatoms. The maximum atomic E-state index is 12.3. The summed E-state index contributed by atoms with van der Waals surface area (Å²) in [6.45, 7) is -0.222. The van der Waals surface area contributed by atoms with Crippen LogP contribution in [0.25, 0.3) is 6.08 Å². The van der Waals surface area contributed by atoms with E-state index in [1.54, 1.807) is 48.5 Å². The molecule has 0 aromatic heterocycles. The molecule has 2 aromatic rings. The normalized spacial score (nSPS) is 10.5. The second-order valence-corrected chi connectivity index (χ2v) is 5.15. The van der Waals surface area contributed by atoms with Crippen molar-refractivity contribution in [3.8, 4) is 17.6 Å². The summed E-state index contributed by atoms with van der Waals surface area (Å²) < 4.78 is 10.3. The predicted octanol–water partition coefficient (Wildman–Crippen LogP) is 2.10. The van der Waals surface area contributed by atoms with Gasteiger partial charge in [-0.1, -0.05) is 24.3 Å². The second kappa shape index (κ2) is 8.89. The Kier molecular flexibility index (Phi) is 6.34. The van der Waals surface area contributed by atoms with E-state index in [1.165, 1.54) is 13.2 Å². The average molecular weight is 351 g/mol. The number of para-hydroxylation sites is 2. The number of carbonyl (C=O) groups excluding carboxylic acids is 2. The van der Waals surface area contributed by atoms with Gasteiger partial charge in [0.05, 0.1) is 12.8 Å². The van der Waals surface area contributed by atoms with Gasteiger partial charge in [-0.25, -0.2) is 0 Å². The molecule has 132 valence electrons. The fraction of sp³-hybridized carbons (Fsp3) is 0.105. The Labute approximate surface area is 150 Å². The largest absolute Gasteiger partial charge is 0.495 e. The summed E-state index contributed by atoms with van der Waals surface area (Å²) in [5.41, 5.74) is 6.04. The third-order valence-electron chi connectivity index (χ3n) is 3.29. The number of methoxy groups -OCH3 is 1. The van der Waals surface area contributed by atoms with E-state index in [9.17, 15) is 14.9 Å². The van der Waals surface area contributed by atoms with E-state index in [-0.39, 0.29) is 12.2 Å². The van der Waals surface area contributed by atoms with Crippen LogP contribution in [0.1, 0.15) is 5.56 Å². The molecule has 0 aliphatic heterocycles. The van der Waals surface area contributed by atoms with Gasteiger partial charge in [0.25, 0.3) is 11.8 Å². The Bertz CT molecular complexity index is 867. The summed E-state index contributed by atoms with van der Waals surface area (Å²) in [6, 6.07) is 15.3. The summed E-state index contributed by atoms with van der Waals surface area (Å²) in [6.07, 6.45) is 1.45. The highest BCUT2D eigenvalue weighted by molar-refractivity contribution is 6.10. The molecule has 2 amide bonds. The Morgan fingerprint density at radius 1 is 1.19 bits per heavy atom. The van der Waals surface area contributed by atoms with Crippen molar-refractivity contribution < 1.29 is 19.1 Å². The molecule has 0 saturated heterocycles. The van der Waals surface area contributed by atoms with E-state index in [0.717, 1.165) is 0 Å². The quantitative estimate of drug-likeness (QED) is 0.586. The van der Waals surface area contributed by atoms with Gasteiger partial charge in [-0.05, 0) is 35.9 Å². The maximum absolute atomic E-state index is 12.3. The van der Waals surface area contributed by atoms with Crippen LogP contribution >= 0.6 is 0 Å². The molecule has 0 atom stereocenters. The van der Waals surface area contributed by atoms with Gasteiger partial charge in [-0.3, -0.25) is 9.59 Å². The van der Waals surface area contributed by atoms with Crippen molar-refractivity contribution in [3.05, 3.63) is 59.7 Å². The van der Waals surface area contributed by atoms with Crippen LogP contribution in [0.5, 0.6) is 11.5 Å². The summed E-state index contributed by atoms with van der Waals surface area (Å²) in [5.74, 6) is -0.174. The third kappa shape index (κ3) is 5.11. The van der Waals surface area contributed by atoms with Crippen molar-refractivity contribution in [2.24, 2.45) is 5.73 Å². The van der Waals surface area contributed by atoms with Gasteiger partial charge < -0.3 is 20.5 Å². The number of anilines is 1. The lowest BCUT2D eigenvalue weighted by atomic mass is 10.1. The van der Waals surface area contributed by atoms with Crippen LogP contribution in [0.3, 0.4) is 0 Å². The Morgan fingerprint density at radius 2 is 1.88 bits per heavy atom. The molecule has 0 fully saturated rings. The van der Waals surface area contributed by atoms with E-state index in [1.807, 2.05) is 6.07 Å². The first-order valence-electron chi connectivity index (χ1n) is 7.61. The monoisotopic (exact) mass is 351 g/mol. The number of hydrogen-bond donors (Lipinski definition) is 2. The highest BCUT2D eigenvalue weighted by Gasteiger charge is 2.12. The highest BCUT2D eigenvalue weighted by atomic mass is 16.5. The Hall–Kier alpha value is -3.79. The number of nitrogens with one attached hydrogen (secondary N) is 1. The molecule has 0 saturated carbocycles. The first-order chi connectivity index (χ1) is 12.5. The van der Waals surface area contributed by atoms with Crippen molar-refractivity contribution in [3.63, 3.8) is 0 Å². The Morgan fingerprint density at radius 3 is 2.50 bits per heavy atom. The van der Waals surface area contributed by atoms with Crippen molar-refractivity contribution in [2.75, 3.05) is 19.0 Å². The summed E-state index contributed by atoms with van der Waals surface area (Å²) in [5, 5.41) is 11.9. The minimum Gasteiger partial charge on any atom is -0.495 e. The van der Waals surface area contributed by atoms with Crippen molar-refractivity contribution in [1.29, 1.82) is 5.26 Å². The molecule has 3 N–H and O–H groups in total. The lowest BCUT2D eigenvalue weighted by Crippen LogP contribution is -2.19. The van der Waals surface area contributed by atoms with Gasteiger partial charge in [-0.2, -0.15) is 5.26 Å².